The van der Waals surface area contributed by atoms with Gasteiger partial charge in [-0.15, -0.1) is 11.8 Å². The predicted molar refractivity (Wildman–Crippen MR) is 80.1 cm³/mol. The van der Waals surface area contributed by atoms with Gasteiger partial charge in [-0.25, -0.2) is 4.98 Å². The van der Waals surface area contributed by atoms with E-state index in [2.05, 4.69) is 31.2 Å². The number of aromatic nitrogens is 1. The molecule has 0 aliphatic carbocycles. The first kappa shape index (κ1) is 13.4. The first-order valence-electron chi connectivity index (χ1n) is 6.47. The number of nitrogens with zero attached hydrogens (tertiary/aromatic N) is 1. The summed E-state index contributed by atoms with van der Waals surface area (Å²) in [6, 6.07) is 10.7. The van der Waals surface area contributed by atoms with Crippen LogP contribution in [-0.4, -0.2) is 16.8 Å². The molecule has 18 heavy (non-hydrogen) atoms. The molecular weight excluding hydrogens is 240 g/mol. The highest BCUT2D eigenvalue weighted by atomic mass is 32.2. The van der Waals surface area contributed by atoms with Gasteiger partial charge in [-0.1, -0.05) is 25.1 Å². The van der Waals surface area contributed by atoms with Crippen molar-refractivity contribution in [1.82, 2.24) is 4.98 Å². The Kier molecular flexibility index (Phi) is 4.61. The number of nitrogens with two attached hydrogens (primary N) is 1. The molecule has 1 aromatic heterocycles. The summed E-state index contributed by atoms with van der Waals surface area (Å²) in [4.78, 5) is 4.77. The third-order valence-electron chi connectivity index (χ3n) is 2.75. The summed E-state index contributed by atoms with van der Waals surface area (Å²) >= 11 is 1.84. The lowest BCUT2D eigenvalue weighted by molar-refractivity contribution is 0.724. The zero-order valence-corrected chi connectivity index (χ0v) is 11.8. The highest BCUT2D eigenvalue weighted by Gasteiger charge is 2.09. The van der Waals surface area contributed by atoms with Crippen molar-refractivity contribution in [3.63, 3.8) is 0 Å². The zero-order chi connectivity index (χ0) is 13.0. The number of hydrogen-bond donors (Lipinski definition) is 1. The molecule has 0 radical (unpaired) electrons. The lowest BCUT2D eigenvalue weighted by Crippen LogP contribution is -2.18. The van der Waals surface area contributed by atoms with Gasteiger partial charge in [0.25, 0.3) is 0 Å². The number of benzene rings is 1. The summed E-state index contributed by atoms with van der Waals surface area (Å²) in [6.07, 6.45) is 2.06. The average molecular weight is 260 g/mol. The average Bonchev–Trinajstić information content (AvgIpc) is 2.35. The van der Waals surface area contributed by atoms with Crippen molar-refractivity contribution in [1.29, 1.82) is 0 Å². The van der Waals surface area contributed by atoms with Gasteiger partial charge in [0.1, 0.15) is 0 Å². The number of rotatable bonds is 5. The van der Waals surface area contributed by atoms with E-state index in [0.29, 0.717) is 0 Å². The minimum absolute atomic E-state index is 0.175. The molecule has 0 fully saturated rings. The normalized spacial score (nSPS) is 12.8. The van der Waals surface area contributed by atoms with Gasteiger partial charge in [0.15, 0.2) is 0 Å². The fraction of sp³-hybridized carbons (Fsp3) is 0.400. The maximum Gasteiger partial charge on any atom is 0.1000 e. The SMILES string of the molecule is CCCSc1nc2ccccc2cc1CC(C)N. The van der Waals surface area contributed by atoms with Crippen molar-refractivity contribution >= 4 is 22.7 Å². The molecule has 2 aromatic rings. The molecule has 3 heteroatoms. The van der Waals surface area contributed by atoms with Crippen LogP contribution < -0.4 is 5.73 Å². The molecule has 0 saturated carbocycles. The first-order valence-corrected chi connectivity index (χ1v) is 7.46. The Balaban J connectivity index is 2.42. The van der Waals surface area contributed by atoms with E-state index < -0.39 is 0 Å². The van der Waals surface area contributed by atoms with Gasteiger partial charge in [-0.05, 0) is 43.2 Å². The van der Waals surface area contributed by atoms with Crippen molar-refractivity contribution in [2.45, 2.75) is 37.8 Å². The molecule has 2 N–H and O–H groups in total. The maximum absolute atomic E-state index is 5.93. The van der Waals surface area contributed by atoms with Gasteiger partial charge in [0.2, 0.25) is 0 Å². The van der Waals surface area contributed by atoms with Crippen LogP contribution in [0.15, 0.2) is 35.4 Å². The molecule has 0 saturated heterocycles. The Labute approximate surface area is 113 Å². The lowest BCUT2D eigenvalue weighted by Gasteiger charge is -2.12. The van der Waals surface area contributed by atoms with Crippen molar-refractivity contribution in [2.75, 3.05) is 5.75 Å². The van der Waals surface area contributed by atoms with E-state index in [-0.39, 0.29) is 6.04 Å². The van der Waals surface area contributed by atoms with Crippen LogP contribution >= 0.6 is 11.8 Å². The highest BCUT2D eigenvalue weighted by molar-refractivity contribution is 7.99. The summed E-state index contributed by atoms with van der Waals surface area (Å²) in [5.41, 5.74) is 8.28. The van der Waals surface area contributed by atoms with Crippen LogP contribution in [0.25, 0.3) is 10.9 Å². The summed E-state index contributed by atoms with van der Waals surface area (Å²) in [5.74, 6) is 1.11. The van der Waals surface area contributed by atoms with Crippen LogP contribution in [0.1, 0.15) is 25.8 Å². The first-order chi connectivity index (χ1) is 8.70. The molecule has 1 aromatic carbocycles. The fourth-order valence-electron chi connectivity index (χ4n) is 1.96. The second-order valence-electron chi connectivity index (χ2n) is 4.68. The Morgan fingerprint density at radius 3 is 2.83 bits per heavy atom. The third kappa shape index (κ3) is 3.24. The van der Waals surface area contributed by atoms with Gasteiger partial charge in [-0.2, -0.15) is 0 Å². The molecule has 0 bridgehead atoms. The topological polar surface area (TPSA) is 38.9 Å². The summed E-state index contributed by atoms with van der Waals surface area (Å²) in [7, 11) is 0. The van der Waals surface area contributed by atoms with Gasteiger partial charge in [0.05, 0.1) is 10.5 Å². The molecule has 1 heterocycles. The largest absolute Gasteiger partial charge is 0.328 e. The third-order valence-corrected chi connectivity index (χ3v) is 3.99. The molecule has 0 aliphatic heterocycles. The van der Waals surface area contributed by atoms with Crippen LogP contribution in [0.2, 0.25) is 0 Å². The van der Waals surface area contributed by atoms with Crippen molar-refractivity contribution in [3.05, 3.63) is 35.9 Å². The van der Waals surface area contributed by atoms with Gasteiger partial charge in [-0.3, -0.25) is 0 Å². The molecule has 96 valence electrons. The molecule has 0 spiro atoms. The standard InChI is InChI=1S/C15H20N2S/c1-3-8-18-15-13(9-11(2)16)10-12-6-4-5-7-14(12)17-15/h4-7,10-11H,3,8-9,16H2,1-2H3. The minimum Gasteiger partial charge on any atom is -0.328 e. The monoisotopic (exact) mass is 260 g/mol. The molecule has 0 amide bonds. The maximum atomic E-state index is 5.93. The summed E-state index contributed by atoms with van der Waals surface area (Å²) in [5, 5.41) is 2.35. The lowest BCUT2D eigenvalue weighted by atomic mass is 10.1. The number of fused-ring (bicyclic) bond motifs is 1. The number of para-hydroxylation sites is 1. The van der Waals surface area contributed by atoms with E-state index in [0.717, 1.165) is 29.1 Å². The van der Waals surface area contributed by atoms with Gasteiger partial charge < -0.3 is 5.73 Å². The van der Waals surface area contributed by atoms with Gasteiger partial charge >= 0.3 is 0 Å². The van der Waals surface area contributed by atoms with E-state index >= 15 is 0 Å². The molecule has 2 nitrogen and oxygen atoms in total. The smallest absolute Gasteiger partial charge is 0.1000 e. The van der Waals surface area contributed by atoms with Crippen LogP contribution in [0, 0.1) is 0 Å². The Morgan fingerprint density at radius 1 is 1.33 bits per heavy atom. The Bertz CT molecular complexity index is 523. The van der Waals surface area contributed by atoms with Gasteiger partial charge in [0, 0.05) is 11.4 Å². The summed E-state index contributed by atoms with van der Waals surface area (Å²) in [6.45, 7) is 4.24. The Morgan fingerprint density at radius 2 is 2.11 bits per heavy atom. The molecule has 1 atom stereocenters. The molecule has 1 unspecified atom stereocenters. The predicted octanol–water partition coefficient (Wildman–Crippen LogP) is 3.63. The zero-order valence-electron chi connectivity index (χ0n) is 11.0. The van der Waals surface area contributed by atoms with E-state index in [1.807, 2.05) is 24.8 Å². The molecule has 2 rings (SSSR count). The second-order valence-corrected chi connectivity index (χ2v) is 5.76. The van der Waals surface area contributed by atoms with Crippen molar-refractivity contribution in [3.8, 4) is 0 Å². The highest BCUT2D eigenvalue weighted by Crippen LogP contribution is 2.26. The molecule has 0 aliphatic rings. The van der Waals surface area contributed by atoms with Crippen LogP contribution in [0.5, 0.6) is 0 Å². The molecular formula is C15H20N2S. The van der Waals surface area contributed by atoms with E-state index in [4.69, 9.17) is 10.7 Å². The van der Waals surface area contributed by atoms with E-state index in [1.54, 1.807) is 0 Å². The fourth-order valence-corrected chi connectivity index (χ4v) is 2.85. The minimum atomic E-state index is 0.175. The van der Waals surface area contributed by atoms with E-state index in [9.17, 15) is 0 Å². The number of hydrogen-bond acceptors (Lipinski definition) is 3. The Hall–Kier alpha value is -1.06. The van der Waals surface area contributed by atoms with Crippen LogP contribution in [0.4, 0.5) is 0 Å². The van der Waals surface area contributed by atoms with E-state index in [1.165, 1.54) is 10.9 Å². The van der Waals surface area contributed by atoms with Crippen LogP contribution in [0.3, 0.4) is 0 Å². The number of thioether (sulfide) groups is 1. The van der Waals surface area contributed by atoms with Crippen LogP contribution in [-0.2, 0) is 6.42 Å². The quantitative estimate of drug-likeness (QED) is 0.834. The van der Waals surface area contributed by atoms with Crippen molar-refractivity contribution < 1.29 is 0 Å². The van der Waals surface area contributed by atoms with Crippen molar-refractivity contribution in [2.24, 2.45) is 5.73 Å². The second kappa shape index (κ2) is 6.21. The number of pyridine rings is 1. The summed E-state index contributed by atoms with van der Waals surface area (Å²) < 4.78 is 0.